The summed E-state index contributed by atoms with van der Waals surface area (Å²) in [5.41, 5.74) is 1.04. The van der Waals surface area contributed by atoms with Gasteiger partial charge < -0.3 is 19.8 Å². The van der Waals surface area contributed by atoms with Gasteiger partial charge in [0.05, 0.1) is 6.10 Å². The van der Waals surface area contributed by atoms with Gasteiger partial charge in [0.2, 0.25) is 0 Å². The first-order chi connectivity index (χ1) is 13.1. The van der Waals surface area contributed by atoms with Crippen molar-refractivity contribution < 1.29 is 14.9 Å². The minimum Gasteiger partial charge on any atom is -0.491 e. The Morgan fingerprint density at radius 1 is 1.04 bits per heavy atom. The van der Waals surface area contributed by atoms with Gasteiger partial charge in [-0.25, -0.2) is 0 Å². The maximum absolute atomic E-state index is 10.4. The molecule has 5 nitrogen and oxygen atoms in total. The highest BCUT2D eigenvalue weighted by Crippen LogP contribution is 2.26. The quantitative estimate of drug-likeness (QED) is 0.742. The molecule has 0 amide bonds. The Balaban J connectivity index is 1.52. The molecule has 1 aromatic rings. The van der Waals surface area contributed by atoms with Gasteiger partial charge in [0, 0.05) is 36.8 Å². The van der Waals surface area contributed by atoms with E-state index in [2.05, 4.69) is 9.80 Å². The number of likely N-dealkylation sites (tertiary alicyclic amines) is 2. The highest BCUT2D eigenvalue weighted by atomic mass is 35.5. The molecule has 3 rings (SSSR count). The maximum atomic E-state index is 10.4. The van der Waals surface area contributed by atoms with Crippen molar-refractivity contribution >= 4 is 11.6 Å². The number of ether oxygens (including phenoxy) is 1. The van der Waals surface area contributed by atoms with Crippen molar-refractivity contribution in [3.8, 4) is 5.75 Å². The van der Waals surface area contributed by atoms with E-state index < -0.39 is 6.10 Å². The van der Waals surface area contributed by atoms with E-state index in [1.165, 1.54) is 25.7 Å². The molecule has 2 saturated heterocycles. The molecule has 1 aromatic carbocycles. The third kappa shape index (κ3) is 6.91. The molecule has 152 valence electrons. The second-order valence-electron chi connectivity index (χ2n) is 7.94. The lowest BCUT2D eigenvalue weighted by molar-refractivity contribution is 0.0666. The zero-order chi connectivity index (χ0) is 19.1. The first-order valence-corrected chi connectivity index (χ1v) is 10.7. The third-order valence-corrected chi connectivity index (χ3v) is 5.81. The van der Waals surface area contributed by atoms with Crippen molar-refractivity contribution in [1.29, 1.82) is 0 Å². The molecule has 2 N–H and O–H groups in total. The standard InChI is InChI=1S/C21H33ClN2O3/c22-18-5-6-21(17(13-18)14-24-11-7-19(25)8-12-24)27-16-20(26)15-23-9-3-1-2-4-10-23/h5-6,13,19-20,25-26H,1-4,7-12,14-16H2. The molecular formula is C21H33ClN2O3. The van der Waals surface area contributed by atoms with Crippen LogP contribution >= 0.6 is 11.6 Å². The Labute approximate surface area is 167 Å². The molecule has 0 saturated carbocycles. The topological polar surface area (TPSA) is 56.2 Å². The van der Waals surface area contributed by atoms with Crippen LogP contribution in [0.1, 0.15) is 44.1 Å². The summed E-state index contributed by atoms with van der Waals surface area (Å²) in [6, 6.07) is 5.68. The summed E-state index contributed by atoms with van der Waals surface area (Å²) in [6.45, 7) is 5.63. The molecule has 2 aliphatic rings. The van der Waals surface area contributed by atoms with Crippen molar-refractivity contribution in [1.82, 2.24) is 9.80 Å². The number of hydrogen-bond donors (Lipinski definition) is 2. The van der Waals surface area contributed by atoms with Crippen molar-refractivity contribution in [2.75, 3.05) is 39.3 Å². The molecule has 2 heterocycles. The SMILES string of the molecule is OC1CCN(Cc2cc(Cl)ccc2OCC(O)CN2CCCCCC2)CC1. The fourth-order valence-corrected chi connectivity index (χ4v) is 4.18. The lowest BCUT2D eigenvalue weighted by Crippen LogP contribution is -2.36. The molecule has 0 spiro atoms. The van der Waals surface area contributed by atoms with E-state index in [-0.39, 0.29) is 6.10 Å². The zero-order valence-corrected chi connectivity index (χ0v) is 16.9. The van der Waals surface area contributed by atoms with Gasteiger partial charge in [-0.3, -0.25) is 4.90 Å². The summed E-state index contributed by atoms with van der Waals surface area (Å²) in [7, 11) is 0. The van der Waals surface area contributed by atoms with Crippen LogP contribution in [0, 0.1) is 0 Å². The fourth-order valence-electron chi connectivity index (χ4n) is 3.99. The molecule has 0 radical (unpaired) electrons. The Kier molecular flexibility index (Phi) is 8.22. The first kappa shape index (κ1) is 20.9. The van der Waals surface area contributed by atoms with Gasteiger partial charge in [-0.15, -0.1) is 0 Å². The Morgan fingerprint density at radius 3 is 2.44 bits per heavy atom. The number of β-amino-alcohol motifs (C(OH)–C–C–N with tert-alkyl or cyclic N) is 1. The summed E-state index contributed by atoms with van der Waals surface area (Å²) in [5, 5.41) is 20.8. The van der Waals surface area contributed by atoms with Crippen LogP contribution in [0.3, 0.4) is 0 Å². The van der Waals surface area contributed by atoms with Crippen molar-refractivity contribution in [2.45, 2.75) is 57.3 Å². The number of aliphatic hydroxyl groups excluding tert-OH is 2. The van der Waals surface area contributed by atoms with E-state index in [4.69, 9.17) is 16.3 Å². The molecule has 0 aromatic heterocycles. The predicted molar refractivity (Wildman–Crippen MR) is 108 cm³/mol. The number of hydrogen-bond acceptors (Lipinski definition) is 5. The fraction of sp³-hybridized carbons (Fsp3) is 0.714. The number of halogens is 1. The maximum Gasteiger partial charge on any atom is 0.124 e. The van der Waals surface area contributed by atoms with Gasteiger partial charge in [-0.2, -0.15) is 0 Å². The molecule has 2 fully saturated rings. The Bertz CT molecular complexity index is 571. The number of nitrogens with zero attached hydrogens (tertiary/aromatic N) is 2. The average molecular weight is 397 g/mol. The minimum atomic E-state index is -0.489. The van der Waals surface area contributed by atoms with E-state index in [1.54, 1.807) is 0 Å². The van der Waals surface area contributed by atoms with Crippen molar-refractivity contribution in [3.05, 3.63) is 28.8 Å². The first-order valence-electron chi connectivity index (χ1n) is 10.3. The van der Waals surface area contributed by atoms with Gasteiger partial charge in [0.15, 0.2) is 0 Å². The largest absolute Gasteiger partial charge is 0.491 e. The van der Waals surface area contributed by atoms with Crippen LogP contribution in [0.25, 0.3) is 0 Å². The summed E-state index contributed by atoms with van der Waals surface area (Å²) in [4.78, 5) is 4.67. The zero-order valence-electron chi connectivity index (χ0n) is 16.2. The summed E-state index contributed by atoms with van der Waals surface area (Å²) < 4.78 is 5.98. The predicted octanol–water partition coefficient (Wildman–Crippen LogP) is 2.91. The minimum absolute atomic E-state index is 0.175. The molecule has 0 bridgehead atoms. The normalized spacial score (nSPS) is 21.7. The molecule has 0 aliphatic carbocycles. The molecule has 6 heteroatoms. The van der Waals surface area contributed by atoms with Gasteiger partial charge in [-0.05, 0) is 57.0 Å². The van der Waals surface area contributed by atoms with E-state index in [0.717, 1.165) is 56.9 Å². The summed E-state index contributed by atoms with van der Waals surface area (Å²) >= 11 is 6.19. The van der Waals surface area contributed by atoms with E-state index >= 15 is 0 Å². The summed E-state index contributed by atoms with van der Waals surface area (Å²) in [6.07, 6.45) is 5.99. The van der Waals surface area contributed by atoms with E-state index in [1.807, 2.05) is 18.2 Å². The molecule has 1 unspecified atom stereocenters. The Hall–Kier alpha value is -0.850. The second kappa shape index (κ2) is 10.6. The number of piperidine rings is 1. The van der Waals surface area contributed by atoms with E-state index in [9.17, 15) is 10.2 Å². The molecule has 2 aliphatic heterocycles. The average Bonchev–Trinajstić information content (AvgIpc) is 2.91. The van der Waals surface area contributed by atoms with Gasteiger partial charge in [0.25, 0.3) is 0 Å². The van der Waals surface area contributed by atoms with Crippen molar-refractivity contribution in [3.63, 3.8) is 0 Å². The lowest BCUT2D eigenvalue weighted by atomic mass is 10.1. The molecular weight excluding hydrogens is 364 g/mol. The van der Waals surface area contributed by atoms with Gasteiger partial charge in [0.1, 0.15) is 18.5 Å². The van der Waals surface area contributed by atoms with Crippen LogP contribution in [0.5, 0.6) is 5.75 Å². The second-order valence-corrected chi connectivity index (χ2v) is 8.38. The lowest BCUT2D eigenvalue weighted by Gasteiger charge is -2.30. The van der Waals surface area contributed by atoms with Gasteiger partial charge in [-0.1, -0.05) is 24.4 Å². The smallest absolute Gasteiger partial charge is 0.124 e. The van der Waals surface area contributed by atoms with Gasteiger partial charge >= 0.3 is 0 Å². The Morgan fingerprint density at radius 2 is 1.74 bits per heavy atom. The third-order valence-electron chi connectivity index (χ3n) is 5.57. The van der Waals surface area contributed by atoms with Crippen molar-refractivity contribution in [2.24, 2.45) is 0 Å². The highest BCUT2D eigenvalue weighted by molar-refractivity contribution is 6.30. The van der Waals surface area contributed by atoms with Crippen LogP contribution < -0.4 is 4.74 Å². The van der Waals surface area contributed by atoms with Crippen LogP contribution in [0.2, 0.25) is 5.02 Å². The monoisotopic (exact) mass is 396 g/mol. The number of aliphatic hydroxyl groups is 2. The van der Waals surface area contributed by atoms with E-state index in [0.29, 0.717) is 18.2 Å². The van der Waals surface area contributed by atoms with Crippen LogP contribution in [-0.2, 0) is 6.54 Å². The highest BCUT2D eigenvalue weighted by Gasteiger charge is 2.19. The number of benzene rings is 1. The van der Waals surface area contributed by atoms with Crippen LogP contribution in [0.4, 0.5) is 0 Å². The number of rotatable bonds is 7. The molecule has 1 atom stereocenters. The van der Waals surface area contributed by atoms with Crippen LogP contribution in [0.15, 0.2) is 18.2 Å². The summed E-state index contributed by atoms with van der Waals surface area (Å²) in [5.74, 6) is 0.792. The van der Waals surface area contributed by atoms with Crippen LogP contribution in [-0.4, -0.2) is 71.6 Å². The molecule has 27 heavy (non-hydrogen) atoms.